The van der Waals surface area contributed by atoms with Crippen LogP contribution in [-0.2, 0) is 4.79 Å². The first kappa shape index (κ1) is 16.8. The van der Waals surface area contributed by atoms with Crippen molar-refractivity contribution in [3.05, 3.63) is 28.8 Å². The van der Waals surface area contributed by atoms with Crippen molar-refractivity contribution in [2.24, 2.45) is 0 Å². The number of carbonyl (C=O) groups is 1. The third kappa shape index (κ3) is 6.80. The molecule has 0 aliphatic rings. The van der Waals surface area contributed by atoms with Gasteiger partial charge >= 0.3 is 0 Å². The average molecular weight is 298 g/mol. The van der Waals surface area contributed by atoms with Gasteiger partial charge in [-0.1, -0.05) is 31.4 Å². The number of amides is 1. The van der Waals surface area contributed by atoms with Gasteiger partial charge in [-0.2, -0.15) is 0 Å². The van der Waals surface area contributed by atoms with Crippen LogP contribution in [0.25, 0.3) is 0 Å². The van der Waals surface area contributed by atoms with Gasteiger partial charge in [-0.05, 0) is 43.5 Å². The van der Waals surface area contributed by atoms with E-state index >= 15 is 0 Å². The van der Waals surface area contributed by atoms with E-state index in [1.807, 2.05) is 25.1 Å². The van der Waals surface area contributed by atoms with Gasteiger partial charge in [0.2, 0.25) is 5.91 Å². The Hall–Kier alpha value is -1.22. The number of ether oxygens (including phenoxy) is 1. The van der Waals surface area contributed by atoms with Gasteiger partial charge in [0.1, 0.15) is 5.75 Å². The summed E-state index contributed by atoms with van der Waals surface area (Å²) in [7, 11) is 0. The Morgan fingerprint density at radius 2 is 2.10 bits per heavy atom. The minimum Gasteiger partial charge on any atom is -0.493 e. The molecule has 0 saturated heterocycles. The molecule has 1 aromatic rings. The summed E-state index contributed by atoms with van der Waals surface area (Å²) in [5.74, 6) is 0.940. The second-order valence-corrected chi connectivity index (χ2v) is 5.36. The van der Waals surface area contributed by atoms with Crippen LogP contribution in [0.5, 0.6) is 5.75 Å². The van der Waals surface area contributed by atoms with Crippen LogP contribution in [0.3, 0.4) is 0 Å². The summed E-state index contributed by atoms with van der Waals surface area (Å²) in [5.41, 5.74) is 1.02. The summed E-state index contributed by atoms with van der Waals surface area (Å²) in [6.07, 6.45) is 4.63. The van der Waals surface area contributed by atoms with E-state index in [1.165, 1.54) is 12.8 Å². The molecule has 0 heterocycles. The second-order valence-electron chi connectivity index (χ2n) is 4.92. The van der Waals surface area contributed by atoms with Crippen molar-refractivity contribution in [2.75, 3.05) is 13.2 Å². The van der Waals surface area contributed by atoms with Gasteiger partial charge in [-0.15, -0.1) is 0 Å². The van der Waals surface area contributed by atoms with Gasteiger partial charge in [0.25, 0.3) is 0 Å². The number of hydrogen-bond acceptors (Lipinski definition) is 2. The van der Waals surface area contributed by atoms with E-state index in [2.05, 4.69) is 12.2 Å². The van der Waals surface area contributed by atoms with Crippen molar-refractivity contribution in [3.63, 3.8) is 0 Å². The minimum absolute atomic E-state index is 0.109. The third-order valence-corrected chi connectivity index (χ3v) is 3.28. The van der Waals surface area contributed by atoms with Crippen molar-refractivity contribution >= 4 is 17.5 Å². The van der Waals surface area contributed by atoms with E-state index in [0.29, 0.717) is 18.1 Å². The van der Waals surface area contributed by atoms with Crippen LogP contribution < -0.4 is 10.1 Å². The Balaban J connectivity index is 2.13. The summed E-state index contributed by atoms with van der Waals surface area (Å²) in [6, 6.07) is 5.55. The molecule has 0 bridgehead atoms. The molecule has 0 aliphatic carbocycles. The number of hydrogen-bond donors (Lipinski definition) is 1. The molecule has 1 N–H and O–H groups in total. The Labute approximate surface area is 126 Å². The van der Waals surface area contributed by atoms with Crippen LogP contribution in [0.1, 0.15) is 44.6 Å². The molecule has 3 nitrogen and oxygen atoms in total. The number of unbranched alkanes of at least 4 members (excludes halogenated alkanes) is 2. The zero-order chi connectivity index (χ0) is 14.8. The molecular weight excluding hydrogens is 274 g/mol. The zero-order valence-electron chi connectivity index (χ0n) is 12.4. The molecular formula is C16H24ClNO2. The molecule has 112 valence electrons. The number of nitrogens with one attached hydrogen (secondary N) is 1. The van der Waals surface area contributed by atoms with Crippen molar-refractivity contribution in [1.82, 2.24) is 5.32 Å². The Kier molecular flexibility index (Phi) is 8.12. The first-order valence-electron chi connectivity index (χ1n) is 7.29. The lowest BCUT2D eigenvalue weighted by molar-refractivity contribution is -0.121. The molecule has 4 heteroatoms. The lowest BCUT2D eigenvalue weighted by atomic mass is 10.2. The number of carbonyl (C=O) groups excluding carboxylic acids is 1. The number of benzene rings is 1. The summed E-state index contributed by atoms with van der Waals surface area (Å²) < 4.78 is 5.65. The SMILES string of the molecule is CCCCCNC(=O)CCCOc1ccc(Cl)cc1C. The normalized spacial score (nSPS) is 10.3. The highest BCUT2D eigenvalue weighted by atomic mass is 35.5. The summed E-state index contributed by atoms with van der Waals surface area (Å²) in [6.45, 7) is 5.44. The monoisotopic (exact) mass is 297 g/mol. The molecule has 1 rings (SSSR count). The van der Waals surface area contributed by atoms with E-state index in [0.717, 1.165) is 30.7 Å². The van der Waals surface area contributed by atoms with Gasteiger partial charge in [-0.25, -0.2) is 0 Å². The van der Waals surface area contributed by atoms with Crippen LogP contribution >= 0.6 is 11.6 Å². The van der Waals surface area contributed by atoms with Crippen LogP contribution in [0.4, 0.5) is 0 Å². The van der Waals surface area contributed by atoms with Crippen molar-refractivity contribution in [2.45, 2.75) is 46.0 Å². The molecule has 0 aromatic heterocycles. The highest BCUT2D eigenvalue weighted by Gasteiger charge is 2.03. The van der Waals surface area contributed by atoms with Gasteiger partial charge in [0.05, 0.1) is 6.61 Å². The van der Waals surface area contributed by atoms with E-state index < -0.39 is 0 Å². The third-order valence-electron chi connectivity index (χ3n) is 3.05. The lowest BCUT2D eigenvalue weighted by Crippen LogP contribution is -2.24. The molecule has 0 unspecified atom stereocenters. The van der Waals surface area contributed by atoms with Gasteiger partial charge in [-0.3, -0.25) is 4.79 Å². The topological polar surface area (TPSA) is 38.3 Å². The number of aryl methyl sites for hydroxylation is 1. The van der Waals surface area contributed by atoms with Crippen LogP contribution in [0.2, 0.25) is 5.02 Å². The fraction of sp³-hybridized carbons (Fsp3) is 0.562. The zero-order valence-corrected chi connectivity index (χ0v) is 13.1. The van der Waals surface area contributed by atoms with Crippen molar-refractivity contribution in [1.29, 1.82) is 0 Å². The maximum Gasteiger partial charge on any atom is 0.220 e. The smallest absolute Gasteiger partial charge is 0.220 e. The molecule has 0 spiro atoms. The molecule has 0 saturated carbocycles. The van der Waals surface area contributed by atoms with Gasteiger partial charge in [0, 0.05) is 18.0 Å². The molecule has 0 radical (unpaired) electrons. The Morgan fingerprint density at radius 1 is 1.30 bits per heavy atom. The maximum atomic E-state index is 11.5. The first-order chi connectivity index (χ1) is 9.63. The number of rotatable bonds is 9. The van der Waals surface area contributed by atoms with E-state index in [9.17, 15) is 4.79 Å². The predicted molar refractivity (Wildman–Crippen MR) is 83.5 cm³/mol. The maximum absolute atomic E-state index is 11.5. The summed E-state index contributed by atoms with van der Waals surface area (Å²) in [5, 5.41) is 3.63. The molecule has 1 aromatic carbocycles. The van der Waals surface area contributed by atoms with Gasteiger partial charge < -0.3 is 10.1 Å². The van der Waals surface area contributed by atoms with Crippen LogP contribution in [-0.4, -0.2) is 19.1 Å². The predicted octanol–water partition coefficient (Wildman–Crippen LogP) is 4.11. The first-order valence-corrected chi connectivity index (χ1v) is 7.67. The standard InChI is InChI=1S/C16H24ClNO2/c1-3-4-5-10-18-16(19)7-6-11-20-15-9-8-14(17)12-13(15)2/h8-9,12H,3-7,10-11H2,1-2H3,(H,18,19). The summed E-state index contributed by atoms with van der Waals surface area (Å²) >= 11 is 5.88. The lowest BCUT2D eigenvalue weighted by Gasteiger charge is -2.09. The van der Waals surface area contributed by atoms with Crippen molar-refractivity contribution in [3.8, 4) is 5.75 Å². The largest absolute Gasteiger partial charge is 0.493 e. The average Bonchev–Trinajstić information content (AvgIpc) is 2.41. The molecule has 20 heavy (non-hydrogen) atoms. The van der Waals surface area contributed by atoms with E-state index in [4.69, 9.17) is 16.3 Å². The quantitative estimate of drug-likeness (QED) is 0.697. The van der Waals surface area contributed by atoms with Crippen LogP contribution in [0, 0.1) is 6.92 Å². The van der Waals surface area contributed by atoms with E-state index in [1.54, 1.807) is 0 Å². The molecule has 0 atom stereocenters. The molecule has 0 aliphatic heterocycles. The van der Waals surface area contributed by atoms with E-state index in [-0.39, 0.29) is 5.91 Å². The fourth-order valence-corrected chi connectivity index (χ4v) is 2.11. The minimum atomic E-state index is 0.109. The fourth-order valence-electron chi connectivity index (χ4n) is 1.88. The Morgan fingerprint density at radius 3 is 2.80 bits per heavy atom. The highest BCUT2D eigenvalue weighted by molar-refractivity contribution is 6.30. The number of halogens is 1. The molecule has 1 amide bonds. The second kappa shape index (κ2) is 9.65. The molecule has 0 fully saturated rings. The van der Waals surface area contributed by atoms with Crippen LogP contribution in [0.15, 0.2) is 18.2 Å². The highest BCUT2D eigenvalue weighted by Crippen LogP contribution is 2.21. The summed E-state index contributed by atoms with van der Waals surface area (Å²) in [4.78, 5) is 11.5. The van der Waals surface area contributed by atoms with Crippen molar-refractivity contribution < 1.29 is 9.53 Å². The Bertz CT molecular complexity index is 421. The van der Waals surface area contributed by atoms with Gasteiger partial charge in [0.15, 0.2) is 0 Å².